The number of nitrogens with one attached hydrogen (secondary N) is 1. The van der Waals surface area contributed by atoms with Crippen LogP contribution < -0.4 is 10.2 Å². The number of hydrogen-bond acceptors (Lipinski definition) is 2. The average Bonchev–Trinajstić information content (AvgIpc) is 2.64. The Hall–Kier alpha value is -2.00. The van der Waals surface area contributed by atoms with Gasteiger partial charge in [-0.15, -0.1) is 0 Å². The smallest absolute Gasteiger partial charge is 0.224 e. The van der Waals surface area contributed by atoms with Gasteiger partial charge in [0.25, 0.3) is 0 Å². The summed E-state index contributed by atoms with van der Waals surface area (Å²) in [6.07, 6.45) is 2.88. The highest BCUT2D eigenvalue weighted by Gasteiger charge is 2.17. The fraction of sp³-hybridized carbons (Fsp3) is 0.409. The SMILES string of the molecule is C[C@H]1CCCN(c2ccc([C@@H](C)NC(=O)Cc3ccccc3Cl)cc2)C1. The first-order valence-electron chi connectivity index (χ1n) is 9.40. The van der Waals surface area contributed by atoms with E-state index in [1.54, 1.807) is 0 Å². The van der Waals surface area contributed by atoms with E-state index < -0.39 is 0 Å². The summed E-state index contributed by atoms with van der Waals surface area (Å²) in [5.41, 5.74) is 3.25. The Balaban J connectivity index is 1.58. The van der Waals surface area contributed by atoms with Crippen LogP contribution in [0, 0.1) is 5.92 Å². The van der Waals surface area contributed by atoms with Crippen molar-refractivity contribution in [3.05, 3.63) is 64.7 Å². The first-order valence-corrected chi connectivity index (χ1v) is 9.78. The van der Waals surface area contributed by atoms with Crippen LogP contribution in [0.2, 0.25) is 5.02 Å². The number of amides is 1. The normalized spacial score (nSPS) is 18.4. The second-order valence-corrected chi connectivity index (χ2v) is 7.75. The second-order valence-electron chi connectivity index (χ2n) is 7.34. The number of anilines is 1. The average molecular weight is 371 g/mol. The maximum Gasteiger partial charge on any atom is 0.224 e. The molecular formula is C22H27ClN2O. The van der Waals surface area contributed by atoms with Crippen molar-refractivity contribution in [2.24, 2.45) is 5.92 Å². The number of rotatable bonds is 5. The molecule has 0 spiro atoms. The number of carbonyl (C=O) groups excluding carboxylic acids is 1. The molecule has 3 nitrogen and oxygen atoms in total. The molecule has 1 saturated heterocycles. The third kappa shape index (κ3) is 4.79. The van der Waals surface area contributed by atoms with Crippen molar-refractivity contribution < 1.29 is 4.79 Å². The zero-order valence-electron chi connectivity index (χ0n) is 15.5. The van der Waals surface area contributed by atoms with Crippen molar-refractivity contribution in [3.8, 4) is 0 Å². The van der Waals surface area contributed by atoms with E-state index in [2.05, 4.69) is 41.4 Å². The number of nitrogens with zero attached hydrogens (tertiary/aromatic N) is 1. The van der Waals surface area contributed by atoms with Gasteiger partial charge in [-0.1, -0.05) is 48.9 Å². The van der Waals surface area contributed by atoms with Gasteiger partial charge in [0, 0.05) is 23.8 Å². The van der Waals surface area contributed by atoms with Gasteiger partial charge in [0.05, 0.1) is 12.5 Å². The zero-order chi connectivity index (χ0) is 18.5. The Morgan fingerprint density at radius 2 is 1.96 bits per heavy atom. The van der Waals surface area contributed by atoms with Crippen molar-refractivity contribution in [2.75, 3.05) is 18.0 Å². The van der Waals surface area contributed by atoms with Crippen LogP contribution in [0.5, 0.6) is 0 Å². The fourth-order valence-corrected chi connectivity index (χ4v) is 3.79. The topological polar surface area (TPSA) is 32.3 Å². The van der Waals surface area contributed by atoms with Crippen LogP contribution in [0.25, 0.3) is 0 Å². The summed E-state index contributed by atoms with van der Waals surface area (Å²) in [5, 5.41) is 3.70. The number of piperidine rings is 1. The molecule has 0 aromatic heterocycles. The molecule has 1 aliphatic rings. The first kappa shape index (κ1) is 18.8. The van der Waals surface area contributed by atoms with E-state index in [0.717, 1.165) is 30.1 Å². The lowest BCUT2D eigenvalue weighted by Crippen LogP contribution is -2.34. The lowest BCUT2D eigenvalue weighted by Gasteiger charge is -2.33. The van der Waals surface area contributed by atoms with Crippen molar-refractivity contribution >= 4 is 23.2 Å². The minimum absolute atomic E-state index is 0.0143. The standard InChI is InChI=1S/C22H27ClN2O/c1-16-6-5-13-25(15-16)20-11-9-18(10-12-20)17(2)24-22(26)14-19-7-3-4-8-21(19)23/h3-4,7-12,16-17H,5-6,13-15H2,1-2H3,(H,24,26)/t16-,17+/m0/s1. The molecule has 2 atom stereocenters. The van der Waals surface area contributed by atoms with E-state index in [9.17, 15) is 4.79 Å². The van der Waals surface area contributed by atoms with Crippen LogP contribution >= 0.6 is 11.6 Å². The molecule has 1 heterocycles. The number of benzene rings is 2. The summed E-state index contributed by atoms with van der Waals surface area (Å²) in [5.74, 6) is 0.742. The van der Waals surface area contributed by atoms with Crippen molar-refractivity contribution in [1.29, 1.82) is 0 Å². The second kappa shape index (κ2) is 8.59. The van der Waals surface area contributed by atoms with E-state index in [-0.39, 0.29) is 11.9 Å². The van der Waals surface area contributed by atoms with Gasteiger partial charge in [0.2, 0.25) is 5.91 Å². The number of halogens is 1. The molecule has 1 N–H and O–H groups in total. The number of carbonyl (C=O) groups is 1. The lowest BCUT2D eigenvalue weighted by molar-refractivity contribution is -0.121. The summed E-state index contributed by atoms with van der Waals surface area (Å²) >= 11 is 6.14. The van der Waals surface area contributed by atoms with Gasteiger partial charge in [0.15, 0.2) is 0 Å². The van der Waals surface area contributed by atoms with E-state index in [4.69, 9.17) is 11.6 Å². The first-order chi connectivity index (χ1) is 12.5. The predicted molar refractivity (Wildman–Crippen MR) is 109 cm³/mol. The molecule has 26 heavy (non-hydrogen) atoms. The summed E-state index contributed by atoms with van der Waals surface area (Å²) < 4.78 is 0. The van der Waals surface area contributed by atoms with Crippen LogP contribution in [0.3, 0.4) is 0 Å². The van der Waals surface area contributed by atoms with Gasteiger partial charge in [-0.2, -0.15) is 0 Å². The quantitative estimate of drug-likeness (QED) is 0.803. The predicted octanol–water partition coefficient (Wildman–Crippen LogP) is 5.00. The molecule has 0 aliphatic carbocycles. The highest BCUT2D eigenvalue weighted by molar-refractivity contribution is 6.31. The summed E-state index contributed by atoms with van der Waals surface area (Å²) in [7, 11) is 0. The van der Waals surface area contributed by atoms with Gasteiger partial charge in [0.1, 0.15) is 0 Å². The third-order valence-corrected chi connectivity index (χ3v) is 5.47. The molecule has 2 aromatic carbocycles. The Kier molecular flexibility index (Phi) is 6.20. The Morgan fingerprint density at radius 3 is 2.65 bits per heavy atom. The molecule has 1 amide bonds. The van der Waals surface area contributed by atoms with Gasteiger partial charge in [-0.25, -0.2) is 0 Å². The van der Waals surface area contributed by atoms with Gasteiger partial charge in [-0.05, 0) is 55.0 Å². The fourth-order valence-electron chi connectivity index (χ4n) is 3.59. The Morgan fingerprint density at radius 1 is 1.23 bits per heavy atom. The van der Waals surface area contributed by atoms with Gasteiger partial charge >= 0.3 is 0 Å². The summed E-state index contributed by atoms with van der Waals surface area (Å²) in [6.45, 7) is 6.59. The third-order valence-electron chi connectivity index (χ3n) is 5.10. The molecule has 0 saturated carbocycles. The molecule has 1 aliphatic heterocycles. The highest BCUT2D eigenvalue weighted by atomic mass is 35.5. The minimum atomic E-state index is -0.0284. The molecule has 2 aromatic rings. The van der Waals surface area contributed by atoms with Crippen LogP contribution in [-0.4, -0.2) is 19.0 Å². The van der Waals surface area contributed by atoms with Crippen LogP contribution in [0.15, 0.2) is 48.5 Å². The van der Waals surface area contributed by atoms with Crippen LogP contribution in [0.1, 0.15) is 43.9 Å². The van der Waals surface area contributed by atoms with E-state index in [0.29, 0.717) is 11.4 Å². The molecule has 0 unspecified atom stereocenters. The molecule has 0 bridgehead atoms. The van der Waals surface area contributed by atoms with E-state index in [1.807, 2.05) is 31.2 Å². The van der Waals surface area contributed by atoms with Gasteiger partial charge in [-0.3, -0.25) is 4.79 Å². The van der Waals surface area contributed by atoms with Crippen LogP contribution in [-0.2, 0) is 11.2 Å². The van der Waals surface area contributed by atoms with Crippen molar-refractivity contribution in [1.82, 2.24) is 5.32 Å². The maximum atomic E-state index is 12.3. The molecule has 1 fully saturated rings. The lowest BCUT2D eigenvalue weighted by atomic mass is 9.99. The molecule has 138 valence electrons. The summed E-state index contributed by atoms with van der Waals surface area (Å²) in [4.78, 5) is 14.8. The summed E-state index contributed by atoms with van der Waals surface area (Å²) in [6, 6.07) is 16.0. The zero-order valence-corrected chi connectivity index (χ0v) is 16.3. The minimum Gasteiger partial charge on any atom is -0.371 e. The molecular weight excluding hydrogens is 344 g/mol. The van der Waals surface area contributed by atoms with Crippen molar-refractivity contribution in [3.63, 3.8) is 0 Å². The number of hydrogen-bond donors (Lipinski definition) is 1. The maximum absolute atomic E-state index is 12.3. The van der Waals surface area contributed by atoms with Crippen LogP contribution in [0.4, 0.5) is 5.69 Å². The van der Waals surface area contributed by atoms with E-state index >= 15 is 0 Å². The Bertz CT molecular complexity index is 744. The van der Waals surface area contributed by atoms with Crippen molar-refractivity contribution in [2.45, 2.75) is 39.2 Å². The molecule has 0 radical (unpaired) electrons. The highest BCUT2D eigenvalue weighted by Crippen LogP contribution is 2.24. The van der Waals surface area contributed by atoms with Gasteiger partial charge < -0.3 is 10.2 Å². The molecule has 3 rings (SSSR count). The van der Waals surface area contributed by atoms with E-state index in [1.165, 1.54) is 18.5 Å². The monoisotopic (exact) mass is 370 g/mol. The Labute approximate surface area is 161 Å². The molecule has 4 heteroatoms. The largest absolute Gasteiger partial charge is 0.371 e.